The molecule has 0 fully saturated rings. The molecule has 21 heavy (non-hydrogen) atoms. The lowest BCUT2D eigenvalue weighted by Crippen LogP contribution is -2.36. The molecule has 0 aliphatic heterocycles. The number of aromatic nitrogens is 2. The minimum absolute atomic E-state index is 0.138. The van der Waals surface area contributed by atoms with Crippen molar-refractivity contribution in [2.45, 2.75) is 39.3 Å². The molecule has 0 amide bonds. The summed E-state index contributed by atoms with van der Waals surface area (Å²) in [4.78, 5) is 11.2. The number of fused-ring (bicyclic) bond motifs is 1. The van der Waals surface area contributed by atoms with E-state index < -0.39 is 0 Å². The van der Waals surface area contributed by atoms with Crippen molar-refractivity contribution in [3.8, 4) is 0 Å². The molecule has 0 unspecified atom stereocenters. The minimum atomic E-state index is 0.138. The van der Waals surface area contributed by atoms with Gasteiger partial charge in [-0.2, -0.15) is 0 Å². The Morgan fingerprint density at radius 3 is 2.57 bits per heavy atom. The summed E-state index contributed by atoms with van der Waals surface area (Å²) in [5.41, 5.74) is 6.90. The molecule has 0 aliphatic rings. The van der Waals surface area contributed by atoms with Gasteiger partial charge in [-0.1, -0.05) is 26.0 Å². The van der Waals surface area contributed by atoms with Crippen molar-refractivity contribution in [3.05, 3.63) is 30.1 Å². The molecular weight excluding hydrogens is 264 g/mol. The maximum absolute atomic E-state index is 9.27. The van der Waals surface area contributed by atoms with Crippen LogP contribution in [0.2, 0.25) is 0 Å². The molecule has 0 bridgehead atoms. The van der Waals surface area contributed by atoms with E-state index in [-0.39, 0.29) is 6.61 Å². The van der Waals surface area contributed by atoms with E-state index >= 15 is 0 Å². The van der Waals surface area contributed by atoms with Gasteiger partial charge in [0.25, 0.3) is 0 Å². The normalized spacial score (nSPS) is 11.7. The molecular formula is C16H24N4O. The molecule has 1 heterocycles. The highest BCUT2D eigenvalue weighted by atomic mass is 16.3. The van der Waals surface area contributed by atoms with E-state index in [1.165, 1.54) is 0 Å². The van der Waals surface area contributed by atoms with Crippen molar-refractivity contribution < 1.29 is 5.11 Å². The van der Waals surface area contributed by atoms with Crippen LogP contribution in [0.4, 0.5) is 5.82 Å². The maximum Gasteiger partial charge on any atom is 0.145 e. The highest BCUT2D eigenvalue weighted by Gasteiger charge is 2.17. The van der Waals surface area contributed by atoms with Crippen LogP contribution in [0.25, 0.3) is 10.9 Å². The van der Waals surface area contributed by atoms with Gasteiger partial charge in [-0.05, 0) is 25.0 Å². The van der Waals surface area contributed by atoms with Gasteiger partial charge in [0.15, 0.2) is 0 Å². The van der Waals surface area contributed by atoms with E-state index in [1.807, 2.05) is 24.3 Å². The lowest BCUT2D eigenvalue weighted by molar-refractivity contribution is 0.134. The number of hydrogen-bond acceptors (Lipinski definition) is 5. The van der Waals surface area contributed by atoms with Crippen molar-refractivity contribution in [2.24, 2.45) is 0 Å². The topological polar surface area (TPSA) is 75.3 Å². The number of aliphatic hydroxyl groups is 1. The largest absolute Gasteiger partial charge is 0.395 e. The summed E-state index contributed by atoms with van der Waals surface area (Å²) in [6.45, 7) is 5.70. The van der Waals surface area contributed by atoms with Crippen LogP contribution in [0.15, 0.2) is 24.3 Å². The second-order valence-electron chi connectivity index (χ2n) is 5.21. The zero-order valence-corrected chi connectivity index (χ0v) is 12.8. The second-order valence-corrected chi connectivity index (χ2v) is 5.21. The smallest absolute Gasteiger partial charge is 0.145 e. The van der Waals surface area contributed by atoms with Crippen molar-refractivity contribution in [3.63, 3.8) is 0 Å². The van der Waals surface area contributed by atoms with Gasteiger partial charge >= 0.3 is 0 Å². The van der Waals surface area contributed by atoms with E-state index in [0.29, 0.717) is 30.8 Å². The van der Waals surface area contributed by atoms with E-state index in [4.69, 9.17) is 5.73 Å². The third-order valence-electron chi connectivity index (χ3n) is 3.87. The number of hydrogen-bond donors (Lipinski definition) is 2. The standard InChI is InChI=1S/C16H24N4O/c1-3-12(4-2)20(9-10-21)11-15-18-14-8-6-5-7-13(14)16(17)19-15/h5-8,12,21H,3-4,9-11H2,1-2H3,(H2,17,18,19). The van der Waals surface area contributed by atoms with Crippen LogP contribution in [0, 0.1) is 0 Å². The number of aliphatic hydroxyl groups excluding tert-OH is 1. The van der Waals surface area contributed by atoms with E-state index in [0.717, 1.165) is 23.7 Å². The number of rotatable bonds is 7. The zero-order valence-electron chi connectivity index (χ0n) is 12.8. The van der Waals surface area contributed by atoms with Crippen molar-refractivity contribution in [1.29, 1.82) is 0 Å². The molecule has 2 aromatic rings. The minimum Gasteiger partial charge on any atom is -0.395 e. The molecule has 5 nitrogen and oxygen atoms in total. The van der Waals surface area contributed by atoms with E-state index in [1.54, 1.807) is 0 Å². The Morgan fingerprint density at radius 2 is 1.90 bits per heavy atom. The zero-order chi connectivity index (χ0) is 15.2. The highest BCUT2D eigenvalue weighted by Crippen LogP contribution is 2.19. The summed E-state index contributed by atoms with van der Waals surface area (Å²) in [5, 5.41) is 10.2. The first-order chi connectivity index (χ1) is 10.2. The van der Waals surface area contributed by atoms with Gasteiger partial charge in [0.2, 0.25) is 0 Å². The molecule has 0 saturated heterocycles. The molecule has 0 spiro atoms. The van der Waals surface area contributed by atoms with Crippen LogP contribution >= 0.6 is 0 Å². The van der Waals surface area contributed by atoms with Gasteiger partial charge in [0, 0.05) is 18.0 Å². The van der Waals surface area contributed by atoms with Gasteiger partial charge in [0.05, 0.1) is 18.7 Å². The summed E-state index contributed by atoms with van der Waals surface area (Å²) < 4.78 is 0. The maximum atomic E-state index is 9.27. The van der Waals surface area contributed by atoms with Gasteiger partial charge in [-0.15, -0.1) is 0 Å². The predicted molar refractivity (Wildman–Crippen MR) is 85.8 cm³/mol. The summed E-state index contributed by atoms with van der Waals surface area (Å²) in [6.07, 6.45) is 2.08. The van der Waals surface area contributed by atoms with Gasteiger partial charge in [-0.25, -0.2) is 9.97 Å². The highest BCUT2D eigenvalue weighted by molar-refractivity contribution is 5.87. The van der Waals surface area contributed by atoms with Crippen LogP contribution in [-0.4, -0.2) is 39.2 Å². The lowest BCUT2D eigenvalue weighted by atomic mass is 10.1. The summed E-state index contributed by atoms with van der Waals surface area (Å²) >= 11 is 0. The molecule has 1 aromatic carbocycles. The lowest BCUT2D eigenvalue weighted by Gasteiger charge is -2.29. The number of nitrogen functional groups attached to an aromatic ring is 1. The Bertz CT molecular complexity index is 583. The number of nitrogens with zero attached hydrogens (tertiary/aromatic N) is 3. The number of anilines is 1. The van der Waals surface area contributed by atoms with E-state index in [9.17, 15) is 5.11 Å². The molecule has 2 rings (SSSR count). The molecule has 114 valence electrons. The summed E-state index contributed by atoms with van der Waals surface area (Å²) in [7, 11) is 0. The fourth-order valence-corrected chi connectivity index (χ4v) is 2.73. The number of para-hydroxylation sites is 1. The van der Waals surface area contributed by atoms with Crippen molar-refractivity contribution in [1.82, 2.24) is 14.9 Å². The van der Waals surface area contributed by atoms with Crippen molar-refractivity contribution >= 4 is 16.7 Å². The molecule has 0 saturated carbocycles. The quantitative estimate of drug-likeness (QED) is 0.817. The first-order valence-electron chi connectivity index (χ1n) is 7.55. The molecule has 3 N–H and O–H groups in total. The first kappa shape index (κ1) is 15.7. The average molecular weight is 288 g/mol. The molecule has 5 heteroatoms. The number of benzene rings is 1. The Morgan fingerprint density at radius 1 is 1.19 bits per heavy atom. The Labute approximate surface area is 125 Å². The average Bonchev–Trinajstić information content (AvgIpc) is 2.49. The third kappa shape index (κ3) is 3.68. The summed E-state index contributed by atoms with van der Waals surface area (Å²) in [5.74, 6) is 1.23. The second kappa shape index (κ2) is 7.33. The number of nitrogens with two attached hydrogens (primary N) is 1. The fraction of sp³-hybridized carbons (Fsp3) is 0.500. The van der Waals surface area contributed by atoms with Gasteiger partial charge in [-0.3, -0.25) is 4.90 Å². The van der Waals surface area contributed by atoms with Gasteiger partial charge < -0.3 is 10.8 Å². The first-order valence-corrected chi connectivity index (χ1v) is 7.55. The Kier molecular flexibility index (Phi) is 5.47. The molecule has 1 aromatic heterocycles. The molecule has 0 radical (unpaired) electrons. The molecule has 0 atom stereocenters. The van der Waals surface area contributed by atoms with Crippen LogP contribution in [0.5, 0.6) is 0 Å². The monoisotopic (exact) mass is 288 g/mol. The SMILES string of the molecule is CCC(CC)N(CCO)Cc1nc(N)c2ccccc2n1. The van der Waals surface area contributed by atoms with Crippen molar-refractivity contribution in [2.75, 3.05) is 18.9 Å². The fourth-order valence-electron chi connectivity index (χ4n) is 2.73. The van der Waals surface area contributed by atoms with Crippen LogP contribution in [0.3, 0.4) is 0 Å². The summed E-state index contributed by atoms with van der Waals surface area (Å²) in [6, 6.07) is 8.19. The van der Waals surface area contributed by atoms with E-state index in [2.05, 4.69) is 28.7 Å². The van der Waals surface area contributed by atoms with Gasteiger partial charge in [0.1, 0.15) is 11.6 Å². The molecule has 0 aliphatic carbocycles. The third-order valence-corrected chi connectivity index (χ3v) is 3.87. The van der Waals surface area contributed by atoms with Crippen LogP contribution in [0.1, 0.15) is 32.5 Å². The Hall–Kier alpha value is -1.72. The predicted octanol–water partition coefficient (Wildman–Crippen LogP) is 2.19. The Balaban J connectivity index is 2.28. The van der Waals surface area contributed by atoms with Crippen LogP contribution in [-0.2, 0) is 6.54 Å². The van der Waals surface area contributed by atoms with Crippen LogP contribution < -0.4 is 5.73 Å².